The Balaban J connectivity index is 1.60. The van der Waals surface area contributed by atoms with Gasteiger partial charge in [0.15, 0.2) is 5.75 Å². The number of aromatic nitrogens is 1. The van der Waals surface area contributed by atoms with Gasteiger partial charge in [-0.15, -0.1) is 13.2 Å². The average Bonchev–Trinajstić information content (AvgIpc) is 2.76. The quantitative estimate of drug-likeness (QED) is 0.590. The number of fused-ring (bicyclic) bond motifs is 1. The van der Waals surface area contributed by atoms with Gasteiger partial charge in [-0.1, -0.05) is 24.3 Å². The number of anilines is 1. The molecule has 0 radical (unpaired) electrons. The first kappa shape index (κ1) is 21.9. The molecule has 2 aromatic carbocycles. The van der Waals surface area contributed by atoms with E-state index >= 15 is 0 Å². The number of nitrogens with one attached hydrogen (secondary N) is 1. The van der Waals surface area contributed by atoms with Crippen LogP contribution in [0.4, 0.5) is 18.9 Å². The van der Waals surface area contributed by atoms with Crippen molar-refractivity contribution in [3.05, 3.63) is 54.2 Å². The lowest BCUT2D eigenvalue weighted by molar-refractivity contribution is -0.274. The fourth-order valence-electron chi connectivity index (χ4n) is 3.83. The summed E-state index contributed by atoms with van der Waals surface area (Å²) in [5, 5.41) is 4.10. The topological polar surface area (TPSA) is 80.5 Å². The molecular formula is C23H23F3N4O2. The largest absolute Gasteiger partial charge is 0.573 e. The van der Waals surface area contributed by atoms with Gasteiger partial charge in [0.2, 0.25) is 0 Å². The lowest BCUT2D eigenvalue weighted by atomic mass is 10.0. The zero-order chi connectivity index (χ0) is 22.9. The molecule has 3 aromatic rings. The van der Waals surface area contributed by atoms with E-state index in [1.165, 1.54) is 12.1 Å². The summed E-state index contributed by atoms with van der Waals surface area (Å²) in [5.41, 5.74) is 7.27. The smallest absolute Gasteiger partial charge is 0.404 e. The SMILES string of the molecule is CN1CCC(NC(=O)c2cccc(-c3ccc4ccc(OC(F)(F)F)c(N)c4c3)n2)CC1. The molecule has 1 amide bonds. The highest BCUT2D eigenvalue weighted by Crippen LogP contribution is 2.36. The van der Waals surface area contributed by atoms with Gasteiger partial charge in [-0.2, -0.15) is 0 Å². The number of piperidine rings is 1. The molecule has 32 heavy (non-hydrogen) atoms. The maximum atomic E-state index is 12.7. The van der Waals surface area contributed by atoms with Crippen molar-refractivity contribution in [3.8, 4) is 17.0 Å². The summed E-state index contributed by atoms with van der Waals surface area (Å²) in [4.78, 5) is 19.4. The number of carbonyl (C=O) groups is 1. The number of carbonyl (C=O) groups excluding carboxylic acids is 1. The molecular weight excluding hydrogens is 421 g/mol. The summed E-state index contributed by atoms with van der Waals surface area (Å²) < 4.78 is 42.0. The molecule has 9 heteroatoms. The fourth-order valence-corrected chi connectivity index (χ4v) is 3.83. The van der Waals surface area contributed by atoms with E-state index in [2.05, 4.69) is 27.0 Å². The molecule has 2 heterocycles. The summed E-state index contributed by atoms with van der Waals surface area (Å²) in [6.07, 6.45) is -3.07. The minimum absolute atomic E-state index is 0.108. The Kier molecular flexibility index (Phi) is 5.92. The lowest BCUT2D eigenvalue weighted by Crippen LogP contribution is -2.43. The van der Waals surface area contributed by atoms with Crippen LogP contribution in [0.2, 0.25) is 0 Å². The zero-order valence-electron chi connectivity index (χ0n) is 17.4. The number of halogens is 3. The molecule has 0 unspecified atom stereocenters. The van der Waals surface area contributed by atoms with Crippen LogP contribution >= 0.6 is 0 Å². The van der Waals surface area contributed by atoms with E-state index in [0.717, 1.165) is 25.9 Å². The maximum absolute atomic E-state index is 12.7. The van der Waals surface area contributed by atoms with Crippen LogP contribution < -0.4 is 15.8 Å². The van der Waals surface area contributed by atoms with E-state index in [1.807, 2.05) is 0 Å². The van der Waals surface area contributed by atoms with Gasteiger partial charge in [-0.3, -0.25) is 4.79 Å². The van der Waals surface area contributed by atoms with E-state index in [-0.39, 0.29) is 23.3 Å². The summed E-state index contributed by atoms with van der Waals surface area (Å²) in [7, 11) is 2.05. The van der Waals surface area contributed by atoms with E-state index in [4.69, 9.17) is 5.73 Å². The maximum Gasteiger partial charge on any atom is 0.573 e. The molecule has 0 aliphatic carbocycles. The van der Waals surface area contributed by atoms with Crippen molar-refractivity contribution < 1.29 is 22.7 Å². The van der Waals surface area contributed by atoms with Crippen molar-refractivity contribution in [2.75, 3.05) is 25.9 Å². The minimum Gasteiger partial charge on any atom is -0.404 e. The number of nitrogens with two attached hydrogens (primary N) is 1. The van der Waals surface area contributed by atoms with Crippen LogP contribution in [-0.4, -0.2) is 48.3 Å². The predicted octanol–water partition coefficient (Wildman–Crippen LogP) is 4.21. The van der Waals surface area contributed by atoms with E-state index in [1.54, 1.807) is 36.4 Å². The second-order valence-corrected chi connectivity index (χ2v) is 7.92. The van der Waals surface area contributed by atoms with Gasteiger partial charge in [-0.05, 0) is 62.6 Å². The summed E-state index contributed by atoms with van der Waals surface area (Å²) >= 11 is 0. The molecule has 0 saturated carbocycles. The number of amides is 1. The third-order valence-corrected chi connectivity index (χ3v) is 5.58. The highest BCUT2D eigenvalue weighted by Gasteiger charge is 2.32. The number of likely N-dealkylation sites (tertiary alicyclic amines) is 1. The molecule has 1 aromatic heterocycles. The number of benzene rings is 2. The van der Waals surface area contributed by atoms with Crippen molar-refractivity contribution in [1.29, 1.82) is 0 Å². The van der Waals surface area contributed by atoms with Gasteiger partial charge >= 0.3 is 6.36 Å². The molecule has 3 N–H and O–H groups in total. The normalized spacial score (nSPS) is 15.6. The van der Waals surface area contributed by atoms with Crippen LogP contribution in [-0.2, 0) is 0 Å². The van der Waals surface area contributed by atoms with Crippen LogP contribution in [0.5, 0.6) is 5.75 Å². The second-order valence-electron chi connectivity index (χ2n) is 7.92. The standard InChI is InChI=1S/C23H23F3N4O2/c1-30-11-9-16(10-12-30)28-22(31)19-4-2-3-18(29-19)15-6-5-14-7-8-20(32-23(24,25)26)21(27)17(14)13-15/h2-8,13,16H,9-12,27H2,1H3,(H,28,31). The Hall–Kier alpha value is -3.33. The van der Waals surface area contributed by atoms with Crippen molar-refractivity contribution in [2.24, 2.45) is 0 Å². The molecule has 1 aliphatic rings. The Morgan fingerprint density at radius 1 is 1.16 bits per heavy atom. The number of hydrogen-bond acceptors (Lipinski definition) is 5. The van der Waals surface area contributed by atoms with E-state index in [9.17, 15) is 18.0 Å². The van der Waals surface area contributed by atoms with Gasteiger partial charge in [0.05, 0.1) is 11.4 Å². The first-order chi connectivity index (χ1) is 15.2. The van der Waals surface area contributed by atoms with Gasteiger partial charge in [0, 0.05) is 17.0 Å². The van der Waals surface area contributed by atoms with E-state index in [0.29, 0.717) is 22.0 Å². The molecule has 4 rings (SSSR count). The summed E-state index contributed by atoms with van der Waals surface area (Å²) in [6, 6.07) is 13.1. The van der Waals surface area contributed by atoms with Crippen molar-refractivity contribution >= 4 is 22.4 Å². The van der Waals surface area contributed by atoms with Gasteiger partial charge in [-0.25, -0.2) is 4.98 Å². The van der Waals surface area contributed by atoms with Crippen molar-refractivity contribution in [1.82, 2.24) is 15.2 Å². The first-order valence-electron chi connectivity index (χ1n) is 10.2. The number of ether oxygens (including phenoxy) is 1. The Bertz CT molecular complexity index is 1140. The van der Waals surface area contributed by atoms with Gasteiger partial charge < -0.3 is 20.7 Å². The Morgan fingerprint density at radius 2 is 1.88 bits per heavy atom. The molecule has 0 atom stereocenters. The van der Waals surface area contributed by atoms with Crippen LogP contribution in [0, 0.1) is 0 Å². The van der Waals surface area contributed by atoms with Crippen LogP contribution in [0.25, 0.3) is 22.0 Å². The summed E-state index contributed by atoms with van der Waals surface area (Å²) in [6.45, 7) is 1.86. The number of hydrogen-bond donors (Lipinski definition) is 2. The van der Waals surface area contributed by atoms with Gasteiger partial charge in [0.25, 0.3) is 5.91 Å². The molecule has 1 aliphatic heterocycles. The number of pyridine rings is 1. The molecule has 0 spiro atoms. The minimum atomic E-state index is -4.84. The molecule has 168 valence electrons. The molecule has 0 bridgehead atoms. The molecule has 1 fully saturated rings. The average molecular weight is 444 g/mol. The Morgan fingerprint density at radius 3 is 2.59 bits per heavy atom. The number of nitrogens with zero attached hydrogens (tertiary/aromatic N) is 2. The van der Waals surface area contributed by atoms with Crippen LogP contribution in [0.3, 0.4) is 0 Å². The van der Waals surface area contributed by atoms with Crippen molar-refractivity contribution in [3.63, 3.8) is 0 Å². The predicted molar refractivity (Wildman–Crippen MR) is 116 cm³/mol. The van der Waals surface area contributed by atoms with Crippen LogP contribution in [0.15, 0.2) is 48.5 Å². The van der Waals surface area contributed by atoms with Crippen LogP contribution in [0.1, 0.15) is 23.3 Å². The number of nitrogen functional groups attached to an aromatic ring is 1. The second kappa shape index (κ2) is 8.66. The molecule has 6 nitrogen and oxygen atoms in total. The molecule has 1 saturated heterocycles. The van der Waals surface area contributed by atoms with Crippen molar-refractivity contribution in [2.45, 2.75) is 25.2 Å². The fraction of sp³-hybridized carbons (Fsp3) is 0.304. The first-order valence-corrected chi connectivity index (χ1v) is 10.2. The van der Waals surface area contributed by atoms with E-state index < -0.39 is 12.1 Å². The highest BCUT2D eigenvalue weighted by molar-refractivity contribution is 5.98. The summed E-state index contributed by atoms with van der Waals surface area (Å²) in [5.74, 6) is -0.705. The third kappa shape index (κ3) is 4.94. The van der Waals surface area contributed by atoms with Gasteiger partial charge in [0.1, 0.15) is 5.69 Å². The number of alkyl halides is 3. The highest BCUT2D eigenvalue weighted by atomic mass is 19.4. The third-order valence-electron chi connectivity index (χ3n) is 5.58. The lowest BCUT2D eigenvalue weighted by Gasteiger charge is -2.29. The monoisotopic (exact) mass is 444 g/mol. The zero-order valence-corrected chi connectivity index (χ0v) is 17.4. The Labute approximate surface area is 183 Å². The number of rotatable bonds is 4.